The lowest BCUT2D eigenvalue weighted by molar-refractivity contribution is 0.367. The van der Waals surface area contributed by atoms with Crippen LogP contribution in [0.2, 0.25) is 0 Å². The predicted molar refractivity (Wildman–Crippen MR) is 77.1 cm³/mol. The average molecular weight is 256 g/mol. The summed E-state index contributed by atoms with van der Waals surface area (Å²) in [5.74, 6) is 0.294. The van der Waals surface area contributed by atoms with E-state index >= 15 is 0 Å². The van der Waals surface area contributed by atoms with Gasteiger partial charge in [0.1, 0.15) is 5.75 Å². The lowest BCUT2D eigenvalue weighted by atomic mass is 9.95. The lowest BCUT2D eigenvalue weighted by Gasteiger charge is -2.22. The highest BCUT2D eigenvalue weighted by Crippen LogP contribution is 2.23. The summed E-state index contributed by atoms with van der Waals surface area (Å²) in [7, 11) is 0. The van der Waals surface area contributed by atoms with Crippen LogP contribution in [0, 0.1) is 0 Å². The number of benzene rings is 1. The Morgan fingerprint density at radius 2 is 1.95 bits per heavy atom. The number of hydrogen-bond donors (Lipinski definition) is 2. The third-order valence-corrected chi connectivity index (χ3v) is 3.94. The molecule has 0 amide bonds. The summed E-state index contributed by atoms with van der Waals surface area (Å²) in [6, 6.07) is 10.3. The minimum Gasteiger partial charge on any atom is -0.506 e. The second-order valence-corrected chi connectivity index (χ2v) is 5.36. The van der Waals surface area contributed by atoms with E-state index in [-0.39, 0.29) is 0 Å². The first-order valence-corrected chi connectivity index (χ1v) is 7.14. The number of nitrogens with zero attached hydrogens (tertiary/aromatic N) is 1. The van der Waals surface area contributed by atoms with Crippen LogP contribution in [-0.2, 0) is 6.54 Å². The molecule has 1 aromatic heterocycles. The number of para-hydroxylation sites is 1. The van der Waals surface area contributed by atoms with Gasteiger partial charge in [0.05, 0.1) is 11.2 Å². The first-order chi connectivity index (χ1) is 9.33. The third-order valence-electron chi connectivity index (χ3n) is 3.94. The minimum atomic E-state index is 0.294. The normalized spacial score (nSPS) is 16.8. The molecule has 1 aromatic carbocycles. The molecular formula is C16H20N2O. The molecule has 1 aliphatic carbocycles. The van der Waals surface area contributed by atoms with Crippen LogP contribution in [0.4, 0.5) is 0 Å². The first-order valence-electron chi connectivity index (χ1n) is 7.14. The lowest BCUT2D eigenvalue weighted by Crippen LogP contribution is -2.30. The number of aromatic nitrogens is 1. The molecule has 1 fully saturated rings. The summed E-state index contributed by atoms with van der Waals surface area (Å²) in [5.41, 5.74) is 1.70. The van der Waals surface area contributed by atoms with Gasteiger partial charge in [0.2, 0.25) is 0 Å². The number of rotatable bonds is 3. The van der Waals surface area contributed by atoms with Gasteiger partial charge in [-0.05, 0) is 25.0 Å². The Balaban J connectivity index is 1.74. The number of aromatic hydroxyl groups is 1. The number of fused-ring (bicyclic) bond motifs is 1. The van der Waals surface area contributed by atoms with Gasteiger partial charge in [-0.15, -0.1) is 0 Å². The van der Waals surface area contributed by atoms with Gasteiger partial charge in [-0.25, -0.2) is 4.98 Å². The quantitative estimate of drug-likeness (QED) is 0.885. The molecule has 1 saturated carbocycles. The maximum Gasteiger partial charge on any atom is 0.139 e. The number of pyridine rings is 1. The van der Waals surface area contributed by atoms with Crippen molar-refractivity contribution in [2.75, 3.05) is 0 Å². The van der Waals surface area contributed by atoms with Gasteiger partial charge in [-0.2, -0.15) is 0 Å². The molecule has 3 rings (SSSR count). The smallest absolute Gasteiger partial charge is 0.139 e. The van der Waals surface area contributed by atoms with Crippen LogP contribution in [0.5, 0.6) is 5.75 Å². The summed E-state index contributed by atoms with van der Waals surface area (Å²) >= 11 is 0. The molecule has 0 radical (unpaired) electrons. The Bertz CT molecular complexity index is 562. The third kappa shape index (κ3) is 2.87. The molecule has 3 nitrogen and oxygen atoms in total. The van der Waals surface area contributed by atoms with Gasteiger partial charge in [0.15, 0.2) is 0 Å². The van der Waals surface area contributed by atoms with E-state index in [0.29, 0.717) is 18.3 Å². The van der Waals surface area contributed by atoms with Crippen molar-refractivity contribution in [1.29, 1.82) is 0 Å². The zero-order valence-electron chi connectivity index (χ0n) is 11.1. The predicted octanol–water partition coefficient (Wildman–Crippen LogP) is 3.36. The van der Waals surface area contributed by atoms with E-state index in [1.807, 2.05) is 24.3 Å². The largest absolute Gasteiger partial charge is 0.506 e. The first kappa shape index (κ1) is 12.4. The Morgan fingerprint density at radius 3 is 2.79 bits per heavy atom. The molecule has 2 N–H and O–H groups in total. The minimum absolute atomic E-state index is 0.294. The second-order valence-electron chi connectivity index (χ2n) is 5.36. The fourth-order valence-corrected chi connectivity index (χ4v) is 2.82. The molecular weight excluding hydrogens is 236 g/mol. The molecule has 100 valence electrons. The van der Waals surface area contributed by atoms with Crippen LogP contribution in [-0.4, -0.2) is 16.1 Å². The molecule has 3 heteroatoms. The summed E-state index contributed by atoms with van der Waals surface area (Å²) in [4.78, 5) is 4.55. The highest BCUT2D eigenvalue weighted by Gasteiger charge is 2.14. The van der Waals surface area contributed by atoms with Gasteiger partial charge in [0.25, 0.3) is 0 Å². The van der Waals surface area contributed by atoms with E-state index in [1.165, 1.54) is 32.1 Å². The molecule has 0 unspecified atom stereocenters. The molecule has 0 aliphatic heterocycles. The fourth-order valence-electron chi connectivity index (χ4n) is 2.82. The van der Waals surface area contributed by atoms with Crippen LogP contribution < -0.4 is 5.32 Å². The fraction of sp³-hybridized carbons (Fsp3) is 0.438. The van der Waals surface area contributed by atoms with E-state index in [1.54, 1.807) is 6.07 Å². The SMILES string of the molecule is Oc1cc2ccccc2nc1CNC1CCCCC1. The van der Waals surface area contributed by atoms with E-state index in [9.17, 15) is 5.11 Å². The van der Waals surface area contributed by atoms with Crippen molar-refractivity contribution >= 4 is 10.9 Å². The molecule has 0 saturated heterocycles. The molecule has 0 spiro atoms. The van der Waals surface area contributed by atoms with E-state index < -0.39 is 0 Å². The zero-order chi connectivity index (χ0) is 13.1. The summed E-state index contributed by atoms with van der Waals surface area (Å²) in [6.45, 7) is 0.654. The van der Waals surface area contributed by atoms with E-state index in [0.717, 1.165) is 16.6 Å². The van der Waals surface area contributed by atoms with Crippen molar-refractivity contribution in [1.82, 2.24) is 10.3 Å². The van der Waals surface area contributed by atoms with E-state index in [4.69, 9.17) is 0 Å². The van der Waals surface area contributed by atoms with Crippen LogP contribution in [0.1, 0.15) is 37.8 Å². The van der Waals surface area contributed by atoms with Gasteiger partial charge in [-0.3, -0.25) is 0 Å². The van der Waals surface area contributed by atoms with Crippen LogP contribution in [0.25, 0.3) is 10.9 Å². The zero-order valence-corrected chi connectivity index (χ0v) is 11.1. The average Bonchev–Trinajstić information content (AvgIpc) is 2.46. The highest BCUT2D eigenvalue weighted by molar-refractivity contribution is 5.80. The van der Waals surface area contributed by atoms with Gasteiger partial charge >= 0.3 is 0 Å². The monoisotopic (exact) mass is 256 g/mol. The molecule has 0 bridgehead atoms. The molecule has 0 atom stereocenters. The molecule has 2 aromatic rings. The van der Waals surface area contributed by atoms with Gasteiger partial charge in [-0.1, -0.05) is 37.5 Å². The van der Waals surface area contributed by atoms with Crippen LogP contribution in [0.15, 0.2) is 30.3 Å². The van der Waals surface area contributed by atoms with Crippen molar-refractivity contribution < 1.29 is 5.11 Å². The standard InChI is InChI=1S/C16H20N2O/c19-16-10-12-6-4-5-9-14(12)18-15(16)11-17-13-7-2-1-3-8-13/h4-6,9-10,13,17,19H,1-3,7-8,11H2. The molecule has 1 heterocycles. The van der Waals surface area contributed by atoms with Crippen molar-refractivity contribution in [2.24, 2.45) is 0 Å². The second kappa shape index (κ2) is 5.57. The highest BCUT2D eigenvalue weighted by atomic mass is 16.3. The van der Waals surface area contributed by atoms with Gasteiger partial charge < -0.3 is 10.4 Å². The van der Waals surface area contributed by atoms with Crippen molar-refractivity contribution in [3.63, 3.8) is 0 Å². The number of nitrogens with one attached hydrogen (secondary N) is 1. The van der Waals surface area contributed by atoms with Gasteiger partial charge in [0, 0.05) is 18.0 Å². The maximum atomic E-state index is 10.0. The molecule has 19 heavy (non-hydrogen) atoms. The molecule has 1 aliphatic rings. The Kier molecular flexibility index (Phi) is 3.65. The summed E-state index contributed by atoms with van der Waals surface area (Å²) in [6.07, 6.45) is 6.48. The Hall–Kier alpha value is -1.61. The van der Waals surface area contributed by atoms with Crippen LogP contribution in [0.3, 0.4) is 0 Å². The topological polar surface area (TPSA) is 45.2 Å². The summed E-state index contributed by atoms with van der Waals surface area (Å²) in [5, 5.41) is 14.5. The van der Waals surface area contributed by atoms with Crippen LogP contribution >= 0.6 is 0 Å². The number of hydrogen-bond acceptors (Lipinski definition) is 3. The summed E-state index contributed by atoms with van der Waals surface area (Å²) < 4.78 is 0. The van der Waals surface area contributed by atoms with Crippen molar-refractivity contribution in [2.45, 2.75) is 44.7 Å². The van der Waals surface area contributed by atoms with Crippen molar-refractivity contribution in [3.05, 3.63) is 36.0 Å². The van der Waals surface area contributed by atoms with Crippen molar-refractivity contribution in [3.8, 4) is 5.75 Å². The van der Waals surface area contributed by atoms with E-state index in [2.05, 4.69) is 10.3 Å². The Labute approximate surface area is 113 Å². The Morgan fingerprint density at radius 1 is 1.16 bits per heavy atom. The maximum absolute atomic E-state index is 10.0.